The van der Waals surface area contributed by atoms with E-state index in [1.165, 1.54) is 12.1 Å². The van der Waals surface area contributed by atoms with E-state index in [2.05, 4.69) is 0 Å². The third kappa shape index (κ3) is 5.38. The molecule has 5 N–H and O–H groups in total. The molecule has 0 spiro atoms. The van der Waals surface area contributed by atoms with Gasteiger partial charge in [0.05, 0.1) is 5.69 Å². The predicted octanol–water partition coefficient (Wildman–Crippen LogP) is 2.81. The zero-order valence-corrected chi connectivity index (χ0v) is 13.6. The summed E-state index contributed by atoms with van der Waals surface area (Å²) in [5.41, 5.74) is 0.889. The second-order valence-electron chi connectivity index (χ2n) is 5.33. The molecule has 2 rings (SSSR count). The lowest BCUT2D eigenvalue weighted by Crippen LogP contribution is -2.05. The van der Waals surface area contributed by atoms with Crippen LogP contribution in [0.25, 0.3) is 0 Å². The maximum Gasteiger partial charge on any atom is 0.427 e. The summed E-state index contributed by atoms with van der Waals surface area (Å²) in [6.45, 7) is 0. The van der Waals surface area contributed by atoms with Gasteiger partial charge >= 0.3 is 7.75 Å². The number of hydrogen-bond acceptors (Lipinski definition) is 4. The Morgan fingerprint density at radius 3 is 2.42 bits per heavy atom. The Bertz CT molecular complexity index is 786. The van der Waals surface area contributed by atoms with Gasteiger partial charge in [0.15, 0.2) is 5.78 Å². The lowest BCUT2D eigenvalue weighted by atomic mass is 10.0. The summed E-state index contributed by atoms with van der Waals surface area (Å²) in [4.78, 5) is 30.3. The number of ketones is 1. The zero-order valence-electron chi connectivity index (χ0n) is 12.7. The van der Waals surface area contributed by atoms with Crippen molar-refractivity contribution in [2.24, 2.45) is 0 Å². The fraction of sp³-hybridized carbons (Fsp3) is 0.188. The van der Waals surface area contributed by atoms with Crippen molar-refractivity contribution >= 4 is 19.2 Å². The minimum Gasteiger partial charge on any atom is -0.508 e. The van der Waals surface area contributed by atoms with Crippen LogP contribution in [0, 0.1) is 0 Å². The van der Waals surface area contributed by atoms with E-state index in [0.29, 0.717) is 12.8 Å². The van der Waals surface area contributed by atoms with Crippen molar-refractivity contribution in [3.05, 3.63) is 53.6 Å². The maximum absolute atomic E-state index is 12.3. The number of aromatic hydroxyl groups is 2. The first-order valence-electron chi connectivity index (χ1n) is 7.22. The standard InChI is InChI=1S/C16H18NO6P/c18-12-5-1-3-11(9-12)4-2-6-16(20)14-8-7-13(19)10-15(14)17-24(21,22)23/h1,3,5,7-10,18-19H,2,4,6H2,(H3,17,21,22,23). The molecule has 0 amide bonds. The molecule has 24 heavy (non-hydrogen) atoms. The molecule has 2 aromatic carbocycles. The number of carbonyl (C=O) groups is 1. The first-order chi connectivity index (χ1) is 11.2. The predicted molar refractivity (Wildman–Crippen MR) is 89.1 cm³/mol. The van der Waals surface area contributed by atoms with Crippen LogP contribution in [0.4, 0.5) is 5.69 Å². The number of hydrogen-bond donors (Lipinski definition) is 5. The number of aryl methyl sites for hydroxylation is 1. The highest BCUT2D eigenvalue weighted by molar-refractivity contribution is 7.53. The third-order valence-electron chi connectivity index (χ3n) is 3.35. The van der Waals surface area contributed by atoms with Gasteiger partial charge in [0.2, 0.25) is 0 Å². The van der Waals surface area contributed by atoms with Gasteiger partial charge in [-0.25, -0.2) is 4.57 Å². The third-order valence-corrected chi connectivity index (χ3v) is 3.88. The Balaban J connectivity index is 2.05. The van der Waals surface area contributed by atoms with E-state index in [9.17, 15) is 19.6 Å². The lowest BCUT2D eigenvalue weighted by molar-refractivity contribution is 0.0981. The first-order valence-corrected chi connectivity index (χ1v) is 8.84. The Hall–Kier alpha value is -2.34. The van der Waals surface area contributed by atoms with Crippen LogP contribution >= 0.6 is 7.75 Å². The first kappa shape index (κ1) is 18.0. The molecule has 0 aromatic heterocycles. The van der Waals surface area contributed by atoms with Crippen molar-refractivity contribution in [3.8, 4) is 11.5 Å². The zero-order chi connectivity index (χ0) is 17.7. The molecule has 0 heterocycles. The van der Waals surface area contributed by atoms with E-state index in [1.807, 2.05) is 11.2 Å². The van der Waals surface area contributed by atoms with Crippen molar-refractivity contribution in [1.29, 1.82) is 0 Å². The van der Waals surface area contributed by atoms with Crippen molar-refractivity contribution < 1.29 is 29.4 Å². The molecule has 0 fully saturated rings. The van der Waals surface area contributed by atoms with Gasteiger partial charge in [-0.1, -0.05) is 12.1 Å². The molecule has 2 aromatic rings. The number of phenolic OH excluding ortho intramolecular Hbond substituents is 2. The molecule has 0 saturated heterocycles. The van der Waals surface area contributed by atoms with Crippen molar-refractivity contribution in [2.45, 2.75) is 19.3 Å². The van der Waals surface area contributed by atoms with E-state index < -0.39 is 7.75 Å². The molecule has 0 saturated carbocycles. The van der Waals surface area contributed by atoms with Gasteiger partial charge in [0.1, 0.15) is 11.5 Å². The van der Waals surface area contributed by atoms with Gasteiger partial charge in [-0.15, -0.1) is 0 Å². The number of Topliss-reactive ketones (excluding diaryl/α,β-unsaturated/α-hetero) is 1. The molecule has 0 unspecified atom stereocenters. The van der Waals surface area contributed by atoms with E-state index in [0.717, 1.165) is 11.6 Å². The summed E-state index contributed by atoms with van der Waals surface area (Å²) < 4.78 is 11.1. The summed E-state index contributed by atoms with van der Waals surface area (Å²) in [7, 11) is -4.59. The van der Waals surface area contributed by atoms with Crippen LogP contribution in [0.3, 0.4) is 0 Å². The summed E-state index contributed by atoms with van der Waals surface area (Å²) in [5.74, 6) is -0.348. The van der Waals surface area contributed by atoms with Crippen molar-refractivity contribution in [1.82, 2.24) is 0 Å². The topological polar surface area (TPSA) is 127 Å². The lowest BCUT2D eigenvalue weighted by Gasteiger charge is -2.12. The normalized spacial score (nSPS) is 11.2. The van der Waals surface area contributed by atoms with E-state index >= 15 is 0 Å². The number of nitrogens with one attached hydrogen (secondary N) is 1. The monoisotopic (exact) mass is 351 g/mol. The highest BCUT2D eigenvalue weighted by Gasteiger charge is 2.19. The van der Waals surface area contributed by atoms with Gasteiger partial charge in [-0.2, -0.15) is 0 Å². The number of carbonyl (C=O) groups excluding carboxylic acids is 1. The van der Waals surface area contributed by atoms with Gasteiger partial charge in [-0.3, -0.25) is 9.88 Å². The molecule has 128 valence electrons. The largest absolute Gasteiger partial charge is 0.508 e. The van der Waals surface area contributed by atoms with Gasteiger partial charge in [0, 0.05) is 18.1 Å². The Kier molecular flexibility index (Phi) is 5.62. The highest BCUT2D eigenvalue weighted by Crippen LogP contribution is 2.38. The van der Waals surface area contributed by atoms with Crippen LogP contribution < -0.4 is 5.09 Å². The number of benzene rings is 2. The maximum atomic E-state index is 12.3. The molecule has 0 radical (unpaired) electrons. The number of anilines is 1. The molecule has 0 atom stereocenters. The van der Waals surface area contributed by atoms with Crippen molar-refractivity contribution in [3.63, 3.8) is 0 Å². The second-order valence-corrected chi connectivity index (χ2v) is 6.64. The van der Waals surface area contributed by atoms with Crippen LogP contribution in [0.2, 0.25) is 0 Å². The fourth-order valence-corrected chi connectivity index (χ4v) is 2.82. The Labute approximate surface area is 138 Å². The Morgan fingerprint density at radius 1 is 1.04 bits per heavy atom. The molecular formula is C16H18NO6P. The number of phenols is 2. The van der Waals surface area contributed by atoms with Crippen LogP contribution in [0.1, 0.15) is 28.8 Å². The van der Waals surface area contributed by atoms with Gasteiger partial charge in [-0.05, 0) is 42.7 Å². The van der Waals surface area contributed by atoms with Crippen LogP contribution in [0.15, 0.2) is 42.5 Å². The average Bonchev–Trinajstić information content (AvgIpc) is 2.45. The summed E-state index contributed by atoms with van der Waals surface area (Å²) in [6, 6.07) is 10.4. The summed E-state index contributed by atoms with van der Waals surface area (Å²) >= 11 is 0. The van der Waals surface area contributed by atoms with Crippen molar-refractivity contribution in [2.75, 3.05) is 5.09 Å². The number of rotatable bonds is 7. The summed E-state index contributed by atoms with van der Waals surface area (Å²) in [5, 5.41) is 20.8. The highest BCUT2D eigenvalue weighted by atomic mass is 31.2. The average molecular weight is 351 g/mol. The second kappa shape index (κ2) is 7.49. The van der Waals surface area contributed by atoms with Crippen LogP contribution in [-0.4, -0.2) is 25.8 Å². The molecule has 0 aliphatic rings. The molecule has 0 bridgehead atoms. The van der Waals surface area contributed by atoms with Gasteiger partial charge in [0.25, 0.3) is 0 Å². The van der Waals surface area contributed by atoms with Crippen LogP contribution in [-0.2, 0) is 11.0 Å². The molecule has 8 heteroatoms. The smallest absolute Gasteiger partial charge is 0.427 e. The molecule has 7 nitrogen and oxygen atoms in total. The molecular weight excluding hydrogens is 333 g/mol. The quantitative estimate of drug-likeness (QED) is 0.383. The van der Waals surface area contributed by atoms with Crippen LogP contribution in [0.5, 0.6) is 11.5 Å². The Morgan fingerprint density at radius 2 is 1.75 bits per heavy atom. The molecule has 0 aliphatic carbocycles. The van der Waals surface area contributed by atoms with E-state index in [-0.39, 0.29) is 35.0 Å². The molecule has 0 aliphatic heterocycles. The fourth-order valence-electron chi connectivity index (χ4n) is 2.32. The van der Waals surface area contributed by atoms with E-state index in [1.54, 1.807) is 18.2 Å². The SMILES string of the molecule is O=C(CCCc1cccc(O)c1)c1ccc(O)cc1NP(=O)(O)O. The minimum absolute atomic E-state index is 0.104. The minimum atomic E-state index is -4.59. The van der Waals surface area contributed by atoms with E-state index in [4.69, 9.17) is 9.79 Å². The summed E-state index contributed by atoms with van der Waals surface area (Å²) in [6.07, 6.45) is 1.26. The van der Waals surface area contributed by atoms with Gasteiger partial charge < -0.3 is 20.0 Å².